The van der Waals surface area contributed by atoms with Gasteiger partial charge in [0.25, 0.3) is 5.91 Å². The standard InChI is InChI=1S/C14H12ClN3O3/c1-21-14(20)9-7-8(15)4-5-11(9)18-13(19)12-10(16)3-2-6-17-12/h2-7H,16H2,1H3,(H,18,19). The number of benzene rings is 1. The van der Waals surface area contributed by atoms with Crippen LogP contribution < -0.4 is 11.1 Å². The summed E-state index contributed by atoms with van der Waals surface area (Å²) in [6.45, 7) is 0. The van der Waals surface area contributed by atoms with Crippen molar-refractivity contribution in [2.75, 3.05) is 18.2 Å². The number of amides is 1. The number of carbonyl (C=O) groups is 2. The van der Waals surface area contributed by atoms with Crippen LogP contribution in [0.4, 0.5) is 11.4 Å². The Labute approximate surface area is 125 Å². The van der Waals surface area contributed by atoms with Gasteiger partial charge in [0.05, 0.1) is 24.0 Å². The highest BCUT2D eigenvalue weighted by Crippen LogP contribution is 2.22. The van der Waals surface area contributed by atoms with Crippen molar-refractivity contribution in [3.63, 3.8) is 0 Å². The van der Waals surface area contributed by atoms with E-state index >= 15 is 0 Å². The van der Waals surface area contributed by atoms with E-state index in [1.807, 2.05) is 0 Å². The van der Waals surface area contributed by atoms with Gasteiger partial charge in [-0.15, -0.1) is 0 Å². The van der Waals surface area contributed by atoms with Gasteiger partial charge in [0, 0.05) is 11.2 Å². The third-order valence-electron chi connectivity index (χ3n) is 2.69. The predicted molar refractivity (Wildman–Crippen MR) is 79.4 cm³/mol. The van der Waals surface area contributed by atoms with Crippen molar-refractivity contribution in [1.82, 2.24) is 4.98 Å². The molecule has 3 N–H and O–H groups in total. The normalized spacial score (nSPS) is 10.0. The molecule has 1 aromatic heterocycles. The van der Waals surface area contributed by atoms with Crippen LogP contribution in [-0.4, -0.2) is 24.0 Å². The van der Waals surface area contributed by atoms with Crippen LogP contribution in [0.15, 0.2) is 36.5 Å². The number of nitrogens with two attached hydrogens (primary N) is 1. The molecule has 2 aromatic rings. The number of methoxy groups -OCH3 is 1. The van der Waals surface area contributed by atoms with Gasteiger partial charge in [-0.05, 0) is 30.3 Å². The van der Waals surface area contributed by atoms with Gasteiger partial charge in [-0.1, -0.05) is 11.6 Å². The summed E-state index contributed by atoms with van der Waals surface area (Å²) in [6, 6.07) is 7.64. The van der Waals surface area contributed by atoms with E-state index in [0.717, 1.165) is 0 Å². The molecule has 0 aliphatic carbocycles. The summed E-state index contributed by atoms with van der Waals surface area (Å²) >= 11 is 5.84. The lowest BCUT2D eigenvalue weighted by atomic mass is 10.1. The number of hydrogen-bond acceptors (Lipinski definition) is 5. The van der Waals surface area contributed by atoms with Crippen LogP contribution in [0.25, 0.3) is 0 Å². The minimum absolute atomic E-state index is 0.0725. The van der Waals surface area contributed by atoms with Crippen LogP contribution >= 0.6 is 11.6 Å². The molecular weight excluding hydrogens is 294 g/mol. The van der Waals surface area contributed by atoms with Gasteiger partial charge in [0.15, 0.2) is 5.69 Å². The highest BCUT2D eigenvalue weighted by atomic mass is 35.5. The SMILES string of the molecule is COC(=O)c1cc(Cl)ccc1NC(=O)c1ncccc1N. The number of pyridine rings is 1. The molecule has 21 heavy (non-hydrogen) atoms. The molecule has 6 nitrogen and oxygen atoms in total. The fourth-order valence-corrected chi connectivity index (χ4v) is 1.87. The van der Waals surface area contributed by atoms with E-state index in [1.165, 1.54) is 25.4 Å². The smallest absolute Gasteiger partial charge is 0.340 e. The molecule has 1 heterocycles. The van der Waals surface area contributed by atoms with Gasteiger partial charge < -0.3 is 15.8 Å². The molecule has 0 atom stereocenters. The molecule has 0 radical (unpaired) electrons. The summed E-state index contributed by atoms with van der Waals surface area (Å²) in [6.07, 6.45) is 1.45. The van der Waals surface area contributed by atoms with Crippen molar-refractivity contribution in [2.45, 2.75) is 0 Å². The third kappa shape index (κ3) is 3.29. The van der Waals surface area contributed by atoms with Crippen LogP contribution in [-0.2, 0) is 4.74 Å². The van der Waals surface area contributed by atoms with E-state index in [9.17, 15) is 9.59 Å². The summed E-state index contributed by atoms with van der Waals surface area (Å²) in [7, 11) is 1.24. The predicted octanol–water partition coefficient (Wildman–Crippen LogP) is 2.36. The molecule has 0 aliphatic rings. The second kappa shape index (κ2) is 6.23. The van der Waals surface area contributed by atoms with Gasteiger partial charge in [-0.3, -0.25) is 4.79 Å². The van der Waals surface area contributed by atoms with E-state index in [0.29, 0.717) is 5.02 Å². The van der Waals surface area contributed by atoms with E-state index in [1.54, 1.807) is 18.2 Å². The van der Waals surface area contributed by atoms with Gasteiger partial charge in [0.1, 0.15) is 0 Å². The van der Waals surface area contributed by atoms with Crippen LogP contribution in [0.2, 0.25) is 5.02 Å². The van der Waals surface area contributed by atoms with Crippen LogP contribution in [0.3, 0.4) is 0 Å². The number of anilines is 2. The molecule has 108 valence electrons. The third-order valence-corrected chi connectivity index (χ3v) is 2.92. The number of halogens is 1. The summed E-state index contributed by atoms with van der Waals surface area (Å²) in [5.74, 6) is -1.14. The van der Waals surface area contributed by atoms with Crippen LogP contribution in [0, 0.1) is 0 Å². The van der Waals surface area contributed by atoms with Crippen molar-refractivity contribution in [3.05, 3.63) is 52.8 Å². The van der Waals surface area contributed by atoms with Crippen molar-refractivity contribution in [2.24, 2.45) is 0 Å². The zero-order chi connectivity index (χ0) is 15.4. The number of esters is 1. The van der Waals surface area contributed by atoms with E-state index < -0.39 is 11.9 Å². The lowest BCUT2D eigenvalue weighted by Crippen LogP contribution is -2.18. The highest BCUT2D eigenvalue weighted by molar-refractivity contribution is 6.31. The Hall–Kier alpha value is -2.60. The fourth-order valence-electron chi connectivity index (χ4n) is 1.69. The number of nitrogen functional groups attached to an aromatic ring is 1. The summed E-state index contributed by atoms with van der Waals surface area (Å²) < 4.78 is 4.65. The zero-order valence-electron chi connectivity index (χ0n) is 11.1. The molecule has 0 aliphatic heterocycles. The molecule has 0 bridgehead atoms. The monoisotopic (exact) mass is 305 g/mol. The summed E-state index contributed by atoms with van der Waals surface area (Å²) in [5, 5.41) is 2.92. The van der Waals surface area contributed by atoms with Crippen LogP contribution in [0.5, 0.6) is 0 Å². The first-order chi connectivity index (χ1) is 10.0. The Morgan fingerprint density at radius 3 is 2.76 bits per heavy atom. The molecule has 1 aromatic carbocycles. The first-order valence-electron chi connectivity index (χ1n) is 5.92. The Bertz CT molecular complexity index is 704. The Balaban J connectivity index is 2.34. The fraction of sp³-hybridized carbons (Fsp3) is 0.0714. The van der Waals surface area contributed by atoms with E-state index in [-0.39, 0.29) is 22.6 Å². The molecule has 0 fully saturated rings. The first kappa shape index (κ1) is 14.8. The van der Waals surface area contributed by atoms with E-state index in [2.05, 4.69) is 15.0 Å². The number of rotatable bonds is 3. The number of nitrogens with zero attached hydrogens (tertiary/aromatic N) is 1. The number of carbonyl (C=O) groups excluding carboxylic acids is 2. The molecule has 0 saturated carbocycles. The number of nitrogens with one attached hydrogen (secondary N) is 1. The lowest BCUT2D eigenvalue weighted by molar-refractivity contribution is 0.0602. The maximum atomic E-state index is 12.1. The largest absolute Gasteiger partial charge is 0.465 e. The maximum absolute atomic E-state index is 12.1. The Kier molecular flexibility index (Phi) is 4.39. The summed E-state index contributed by atoms with van der Waals surface area (Å²) in [4.78, 5) is 27.8. The second-order valence-electron chi connectivity index (χ2n) is 4.08. The van der Waals surface area contributed by atoms with E-state index in [4.69, 9.17) is 17.3 Å². The Morgan fingerprint density at radius 2 is 2.10 bits per heavy atom. The number of hydrogen-bond donors (Lipinski definition) is 2. The zero-order valence-corrected chi connectivity index (χ0v) is 11.8. The minimum Gasteiger partial charge on any atom is -0.465 e. The quantitative estimate of drug-likeness (QED) is 0.849. The maximum Gasteiger partial charge on any atom is 0.340 e. The minimum atomic E-state index is -0.609. The lowest BCUT2D eigenvalue weighted by Gasteiger charge is -2.10. The van der Waals surface area contributed by atoms with Gasteiger partial charge in [-0.2, -0.15) is 0 Å². The molecule has 7 heteroatoms. The van der Waals surface area contributed by atoms with Gasteiger partial charge in [-0.25, -0.2) is 9.78 Å². The van der Waals surface area contributed by atoms with Gasteiger partial charge in [0.2, 0.25) is 0 Å². The first-order valence-corrected chi connectivity index (χ1v) is 6.30. The van der Waals surface area contributed by atoms with Crippen molar-refractivity contribution >= 4 is 34.9 Å². The summed E-state index contributed by atoms with van der Waals surface area (Å²) in [5.41, 5.74) is 6.41. The molecule has 0 saturated heterocycles. The molecule has 1 amide bonds. The molecular formula is C14H12ClN3O3. The number of aromatic nitrogens is 1. The topological polar surface area (TPSA) is 94.3 Å². The van der Waals surface area contributed by atoms with Crippen molar-refractivity contribution in [1.29, 1.82) is 0 Å². The number of ether oxygens (including phenoxy) is 1. The van der Waals surface area contributed by atoms with Crippen molar-refractivity contribution in [3.8, 4) is 0 Å². The second-order valence-corrected chi connectivity index (χ2v) is 4.51. The highest BCUT2D eigenvalue weighted by Gasteiger charge is 2.17. The molecule has 2 rings (SSSR count). The van der Waals surface area contributed by atoms with Gasteiger partial charge >= 0.3 is 5.97 Å². The average molecular weight is 306 g/mol. The van der Waals surface area contributed by atoms with Crippen molar-refractivity contribution < 1.29 is 14.3 Å². The molecule has 0 unspecified atom stereocenters. The Morgan fingerprint density at radius 1 is 1.33 bits per heavy atom. The van der Waals surface area contributed by atoms with Crippen LogP contribution in [0.1, 0.15) is 20.8 Å². The molecule has 0 spiro atoms. The average Bonchev–Trinajstić information content (AvgIpc) is 2.48.